The van der Waals surface area contributed by atoms with E-state index in [0.29, 0.717) is 25.0 Å². The lowest BCUT2D eigenvalue weighted by molar-refractivity contribution is -0.140. The number of allylic oxidation sites excluding steroid dienone is 1. The molecule has 10 heteroatoms. The van der Waals surface area contributed by atoms with Gasteiger partial charge in [-0.3, -0.25) is 4.79 Å². The number of sulfonamides is 1. The summed E-state index contributed by atoms with van der Waals surface area (Å²) < 4.78 is 45.5. The summed E-state index contributed by atoms with van der Waals surface area (Å²) in [5.74, 6) is -1.03. The van der Waals surface area contributed by atoms with Crippen molar-refractivity contribution in [2.75, 3.05) is 14.2 Å². The number of rotatable bonds is 5. The van der Waals surface area contributed by atoms with Gasteiger partial charge in [0.25, 0.3) is 0 Å². The topological polar surface area (TPSA) is 89.5 Å². The van der Waals surface area contributed by atoms with E-state index >= 15 is 0 Å². The Balaban J connectivity index is 1.66. The van der Waals surface area contributed by atoms with Crippen molar-refractivity contribution in [2.45, 2.75) is 42.5 Å². The first-order chi connectivity index (χ1) is 14.7. The second-order valence-electron chi connectivity index (χ2n) is 7.65. The molecule has 164 valence electrons. The minimum Gasteiger partial charge on any atom is -0.469 e. The summed E-state index contributed by atoms with van der Waals surface area (Å²) in [5.41, 5.74) is 3.44. The zero-order valence-corrected chi connectivity index (χ0v) is 18.6. The number of methoxy groups -OCH3 is 1. The van der Waals surface area contributed by atoms with Crippen LogP contribution >= 0.6 is 11.6 Å². The van der Waals surface area contributed by atoms with Crippen LogP contribution in [-0.4, -0.2) is 48.9 Å². The molecule has 0 N–H and O–H groups in total. The Morgan fingerprint density at radius 3 is 2.71 bits per heavy atom. The largest absolute Gasteiger partial charge is 0.469 e. The standard InChI is InChI=1S/C21H21ClFN3O4S/c1-26(31(28,29)14-6-3-12(23)4-7-14)13-5-8-15-16(10-19(27)30-2)18-11-24-21(22)25-20(18)17(15)9-13/h3-4,6-7,11,13,16H,5,8-10H2,1-2H3. The van der Waals surface area contributed by atoms with Crippen molar-refractivity contribution < 1.29 is 22.3 Å². The van der Waals surface area contributed by atoms with Crippen molar-refractivity contribution in [3.05, 3.63) is 58.4 Å². The maximum absolute atomic E-state index is 13.2. The summed E-state index contributed by atoms with van der Waals surface area (Å²) in [7, 11) is -0.918. The molecule has 2 unspecified atom stereocenters. The molecule has 4 rings (SSSR count). The first kappa shape index (κ1) is 21.9. The van der Waals surface area contributed by atoms with Crippen LogP contribution in [0.15, 0.2) is 40.9 Å². The maximum Gasteiger partial charge on any atom is 0.306 e. The predicted octanol–water partition coefficient (Wildman–Crippen LogP) is 3.56. The Hall–Kier alpha value is -2.36. The monoisotopic (exact) mass is 465 g/mol. The van der Waals surface area contributed by atoms with Gasteiger partial charge in [-0.2, -0.15) is 4.31 Å². The molecule has 1 heterocycles. The average Bonchev–Trinajstić information content (AvgIpc) is 3.05. The van der Waals surface area contributed by atoms with Crippen molar-refractivity contribution in [2.24, 2.45) is 0 Å². The Kier molecular flexibility index (Phi) is 5.85. The van der Waals surface area contributed by atoms with Crippen molar-refractivity contribution >= 4 is 33.2 Å². The minimum absolute atomic E-state index is 0.0388. The van der Waals surface area contributed by atoms with Gasteiger partial charge in [-0.1, -0.05) is 5.57 Å². The van der Waals surface area contributed by atoms with Crippen LogP contribution in [0.4, 0.5) is 4.39 Å². The molecule has 31 heavy (non-hydrogen) atoms. The van der Waals surface area contributed by atoms with Crippen LogP contribution in [0.1, 0.15) is 42.9 Å². The van der Waals surface area contributed by atoms with Gasteiger partial charge in [-0.05, 0) is 60.7 Å². The van der Waals surface area contributed by atoms with E-state index in [0.717, 1.165) is 28.8 Å². The molecule has 1 aromatic carbocycles. The van der Waals surface area contributed by atoms with E-state index in [1.807, 2.05) is 0 Å². The Labute approximate surface area is 185 Å². The highest BCUT2D eigenvalue weighted by atomic mass is 35.5. The Morgan fingerprint density at radius 1 is 1.32 bits per heavy atom. The molecular formula is C21H21ClFN3O4S. The van der Waals surface area contributed by atoms with E-state index in [-0.39, 0.29) is 34.5 Å². The second kappa shape index (κ2) is 8.29. The summed E-state index contributed by atoms with van der Waals surface area (Å²) in [5, 5.41) is 0.0960. The van der Waals surface area contributed by atoms with Gasteiger partial charge < -0.3 is 4.74 Å². The number of fused-ring (bicyclic) bond motifs is 2. The first-order valence-corrected chi connectivity index (χ1v) is 11.6. The van der Waals surface area contributed by atoms with Crippen LogP contribution in [0.2, 0.25) is 5.28 Å². The number of carbonyl (C=O) groups is 1. The quantitative estimate of drug-likeness (QED) is 0.495. The molecule has 0 bridgehead atoms. The Morgan fingerprint density at radius 2 is 2.03 bits per heavy atom. The number of hydrogen-bond donors (Lipinski definition) is 0. The van der Waals surface area contributed by atoms with E-state index in [2.05, 4.69) is 9.97 Å². The molecule has 7 nitrogen and oxygen atoms in total. The predicted molar refractivity (Wildman–Crippen MR) is 112 cm³/mol. The van der Waals surface area contributed by atoms with Crippen molar-refractivity contribution in [1.29, 1.82) is 0 Å². The summed E-state index contributed by atoms with van der Waals surface area (Å²) in [6.45, 7) is 0. The number of nitrogens with zero attached hydrogens (tertiary/aromatic N) is 3. The van der Waals surface area contributed by atoms with Crippen LogP contribution in [0.3, 0.4) is 0 Å². The highest BCUT2D eigenvalue weighted by Gasteiger charge is 2.40. The van der Waals surface area contributed by atoms with E-state index in [1.165, 1.54) is 30.6 Å². The third-order valence-corrected chi connectivity index (χ3v) is 8.15. The van der Waals surface area contributed by atoms with Crippen molar-refractivity contribution in [3.8, 4) is 0 Å². The smallest absolute Gasteiger partial charge is 0.306 e. The van der Waals surface area contributed by atoms with Crippen LogP contribution < -0.4 is 0 Å². The van der Waals surface area contributed by atoms with Gasteiger partial charge in [0, 0.05) is 30.8 Å². The fraction of sp³-hybridized carbons (Fsp3) is 0.381. The third kappa shape index (κ3) is 3.97. The molecule has 0 spiro atoms. The van der Waals surface area contributed by atoms with E-state index in [9.17, 15) is 17.6 Å². The van der Waals surface area contributed by atoms with Crippen LogP contribution in [0, 0.1) is 5.82 Å². The van der Waals surface area contributed by atoms with Gasteiger partial charge in [0.05, 0.1) is 24.1 Å². The zero-order chi connectivity index (χ0) is 22.3. The molecule has 0 fully saturated rings. The molecule has 2 aliphatic carbocycles. The number of ether oxygens (including phenoxy) is 1. The van der Waals surface area contributed by atoms with Gasteiger partial charge in [-0.25, -0.2) is 22.8 Å². The highest BCUT2D eigenvalue weighted by molar-refractivity contribution is 7.89. The summed E-state index contributed by atoms with van der Waals surface area (Å²) >= 11 is 6.03. The van der Waals surface area contributed by atoms with E-state index < -0.39 is 15.8 Å². The number of esters is 1. The van der Waals surface area contributed by atoms with Crippen molar-refractivity contribution in [3.63, 3.8) is 0 Å². The van der Waals surface area contributed by atoms with Crippen LogP contribution in [-0.2, 0) is 19.6 Å². The summed E-state index contributed by atoms with van der Waals surface area (Å²) in [4.78, 5) is 20.5. The van der Waals surface area contributed by atoms with Crippen molar-refractivity contribution in [1.82, 2.24) is 14.3 Å². The molecule has 0 amide bonds. The van der Waals surface area contributed by atoms with Gasteiger partial charge in [0.1, 0.15) is 5.82 Å². The summed E-state index contributed by atoms with van der Waals surface area (Å²) in [6, 6.07) is 4.47. The van der Waals surface area contributed by atoms with E-state index in [1.54, 1.807) is 6.20 Å². The average molecular weight is 466 g/mol. The molecule has 2 aromatic rings. The second-order valence-corrected chi connectivity index (χ2v) is 9.99. The molecular weight excluding hydrogens is 445 g/mol. The number of hydrogen-bond acceptors (Lipinski definition) is 6. The molecule has 0 saturated heterocycles. The fourth-order valence-corrected chi connectivity index (χ4v) is 5.91. The molecule has 2 atom stereocenters. The summed E-state index contributed by atoms with van der Waals surface area (Å²) in [6.07, 6.45) is 3.43. The highest BCUT2D eigenvalue weighted by Crippen LogP contribution is 2.50. The van der Waals surface area contributed by atoms with Crippen LogP contribution in [0.5, 0.6) is 0 Å². The number of carbonyl (C=O) groups excluding carboxylic acids is 1. The van der Waals surface area contributed by atoms with Gasteiger partial charge in [0.15, 0.2) is 0 Å². The number of aromatic nitrogens is 2. The lowest BCUT2D eigenvalue weighted by Gasteiger charge is -2.32. The molecule has 1 aromatic heterocycles. The van der Waals surface area contributed by atoms with Gasteiger partial charge in [-0.15, -0.1) is 0 Å². The third-order valence-electron chi connectivity index (χ3n) is 6.05. The lowest BCUT2D eigenvalue weighted by atomic mass is 9.84. The maximum atomic E-state index is 13.2. The van der Waals surface area contributed by atoms with Gasteiger partial charge in [0.2, 0.25) is 15.3 Å². The zero-order valence-electron chi connectivity index (χ0n) is 17.0. The first-order valence-electron chi connectivity index (χ1n) is 9.77. The molecule has 0 aliphatic heterocycles. The normalized spacial score (nSPS) is 20.5. The molecule has 2 aliphatic rings. The lowest BCUT2D eigenvalue weighted by Crippen LogP contribution is -2.38. The SMILES string of the molecule is COC(=O)CC1C2=C(CC(N(C)S(=O)(=O)c3ccc(F)cc3)CC2)c2nc(Cl)ncc21. The number of halogens is 2. The molecule has 0 saturated carbocycles. The van der Waals surface area contributed by atoms with E-state index in [4.69, 9.17) is 16.3 Å². The van der Waals surface area contributed by atoms with Gasteiger partial charge >= 0.3 is 5.97 Å². The molecule has 0 radical (unpaired) electrons. The number of benzene rings is 1. The Bertz CT molecular complexity index is 1170. The minimum atomic E-state index is -3.79. The fourth-order valence-electron chi connectivity index (χ4n) is 4.39. The van der Waals surface area contributed by atoms with Crippen LogP contribution in [0.25, 0.3) is 5.57 Å².